The number of carbonyl (C=O) groups excluding carboxylic acids is 3. The van der Waals surface area contributed by atoms with Gasteiger partial charge in [-0.05, 0) is 79.1 Å². The van der Waals surface area contributed by atoms with Gasteiger partial charge in [0.2, 0.25) is 0 Å². The van der Waals surface area contributed by atoms with Crippen LogP contribution in [0.25, 0.3) is 6.08 Å². The van der Waals surface area contributed by atoms with Crippen LogP contribution in [0, 0.1) is 6.92 Å². The summed E-state index contributed by atoms with van der Waals surface area (Å²) in [7, 11) is 0. The Hall–Kier alpha value is -3.04. The zero-order valence-electron chi connectivity index (χ0n) is 20.1. The van der Waals surface area contributed by atoms with Crippen LogP contribution < -0.4 is 19.7 Å². The number of ether oxygens (including phenoxy) is 2. The molecular formula is C27H20BrCl3N2O5. The molecule has 196 valence electrons. The monoisotopic (exact) mass is 636 g/mol. The molecular weight excluding hydrogens is 619 g/mol. The molecule has 0 unspecified atom stereocenters. The second-order valence-corrected chi connectivity index (χ2v) is 10.3. The Morgan fingerprint density at radius 1 is 0.947 bits per heavy atom. The second kappa shape index (κ2) is 11.8. The van der Waals surface area contributed by atoms with Gasteiger partial charge in [0.1, 0.15) is 12.2 Å². The number of hydrogen-bond donors (Lipinski definition) is 1. The lowest BCUT2D eigenvalue weighted by Crippen LogP contribution is -2.54. The van der Waals surface area contributed by atoms with Crippen molar-refractivity contribution in [2.24, 2.45) is 0 Å². The van der Waals surface area contributed by atoms with E-state index < -0.39 is 17.8 Å². The lowest BCUT2D eigenvalue weighted by atomic mass is 10.1. The minimum Gasteiger partial charge on any atom is -0.490 e. The Bertz CT molecular complexity index is 1490. The van der Waals surface area contributed by atoms with Gasteiger partial charge in [-0.2, -0.15) is 0 Å². The number of nitrogens with one attached hydrogen (secondary N) is 1. The number of barbiturate groups is 1. The SMILES string of the molecule is CCOc1cc(/C=C2\C(=O)NC(=O)N(c3ccc(Br)c(C)c3)C2=O)cc(Cl)c1OCc1ccc(Cl)c(Cl)c1. The quantitative estimate of drug-likeness (QED) is 0.216. The zero-order chi connectivity index (χ0) is 27.6. The highest BCUT2D eigenvalue weighted by atomic mass is 79.9. The molecule has 0 saturated carbocycles. The van der Waals surface area contributed by atoms with Crippen LogP contribution in [0.2, 0.25) is 15.1 Å². The molecule has 0 aromatic heterocycles. The smallest absolute Gasteiger partial charge is 0.335 e. The van der Waals surface area contributed by atoms with Crippen LogP contribution >= 0.6 is 50.7 Å². The van der Waals surface area contributed by atoms with Gasteiger partial charge in [-0.1, -0.05) is 56.8 Å². The van der Waals surface area contributed by atoms with Crippen molar-refractivity contribution in [3.8, 4) is 11.5 Å². The Morgan fingerprint density at radius 3 is 2.39 bits per heavy atom. The van der Waals surface area contributed by atoms with Crippen LogP contribution in [0.5, 0.6) is 11.5 Å². The molecule has 1 aliphatic heterocycles. The van der Waals surface area contributed by atoms with E-state index in [1.807, 2.05) is 6.92 Å². The zero-order valence-corrected chi connectivity index (χ0v) is 24.0. The van der Waals surface area contributed by atoms with Crippen LogP contribution in [0.1, 0.15) is 23.6 Å². The number of hydrogen-bond acceptors (Lipinski definition) is 5. The number of nitrogens with zero attached hydrogens (tertiary/aromatic N) is 1. The fourth-order valence-corrected chi connectivity index (χ4v) is 4.53. The predicted molar refractivity (Wildman–Crippen MR) is 151 cm³/mol. The number of imide groups is 2. The lowest BCUT2D eigenvalue weighted by molar-refractivity contribution is -0.122. The number of anilines is 1. The average Bonchev–Trinajstić information content (AvgIpc) is 2.85. The number of halogens is 4. The molecule has 1 fully saturated rings. The second-order valence-electron chi connectivity index (χ2n) is 8.19. The number of urea groups is 1. The average molecular weight is 639 g/mol. The van der Waals surface area contributed by atoms with Crippen LogP contribution in [0.4, 0.5) is 10.5 Å². The summed E-state index contributed by atoms with van der Waals surface area (Å²) in [4.78, 5) is 39.3. The van der Waals surface area contributed by atoms with Crippen LogP contribution in [0.15, 0.2) is 58.6 Å². The van der Waals surface area contributed by atoms with Crippen LogP contribution in [-0.4, -0.2) is 24.5 Å². The molecule has 0 aliphatic carbocycles. The van der Waals surface area contributed by atoms with E-state index in [2.05, 4.69) is 21.2 Å². The fourth-order valence-electron chi connectivity index (χ4n) is 3.69. The van der Waals surface area contributed by atoms with E-state index in [4.69, 9.17) is 44.3 Å². The number of benzene rings is 3. The number of carbonyl (C=O) groups is 3. The summed E-state index contributed by atoms with van der Waals surface area (Å²) in [5, 5.41) is 3.23. The summed E-state index contributed by atoms with van der Waals surface area (Å²) in [5.74, 6) is -0.996. The molecule has 0 spiro atoms. The van der Waals surface area contributed by atoms with Gasteiger partial charge in [0, 0.05) is 4.47 Å². The summed E-state index contributed by atoms with van der Waals surface area (Å²) in [6.07, 6.45) is 1.35. The van der Waals surface area contributed by atoms with E-state index >= 15 is 0 Å². The normalized spacial score (nSPS) is 14.6. The molecule has 1 aliphatic rings. The summed E-state index contributed by atoms with van der Waals surface area (Å²) >= 11 is 22.0. The number of rotatable bonds is 7. The van der Waals surface area contributed by atoms with Crippen molar-refractivity contribution < 1.29 is 23.9 Å². The third-order valence-corrected chi connectivity index (χ3v) is 7.42. The van der Waals surface area contributed by atoms with Crippen molar-refractivity contribution >= 4 is 80.3 Å². The van der Waals surface area contributed by atoms with Gasteiger partial charge < -0.3 is 9.47 Å². The first-order chi connectivity index (χ1) is 18.1. The Morgan fingerprint density at radius 2 is 1.71 bits per heavy atom. The molecule has 1 heterocycles. The first kappa shape index (κ1) is 28.0. The summed E-state index contributed by atoms with van der Waals surface area (Å²) in [5.41, 5.74) is 2.07. The van der Waals surface area contributed by atoms with Crippen molar-refractivity contribution in [2.45, 2.75) is 20.5 Å². The molecule has 4 amide bonds. The molecule has 38 heavy (non-hydrogen) atoms. The highest BCUT2D eigenvalue weighted by molar-refractivity contribution is 9.10. The van der Waals surface area contributed by atoms with Gasteiger partial charge in [-0.3, -0.25) is 14.9 Å². The summed E-state index contributed by atoms with van der Waals surface area (Å²) in [6, 6.07) is 12.4. The van der Waals surface area contributed by atoms with Crippen molar-refractivity contribution in [1.29, 1.82) is 0 Å². The minimum atomic E-state index is -0.835. The molecule has 1 N–H and O–H groups in total. The van der Waals surface area contributed by atoms with Crippen LogP contribution in [-0.2, 0) is 16.2 Å². The van der Waals surface area contributed by atoms with Gasteiger partial charge in [0.05, 0.1) is 27.4 Å². The number of aryl methyl sites for hydroxylation is 1. The van der Waals surface area contributed by atoms with Crippen molar-refractivity contribution in [1.82, 2.24) is 5.32 Å². The summed E-state index contributed by atoms with van der Waals surface area (Å²) in [6.45, 7) is 4.07. The maximum atomic E-state index is 13.3. The van der Waals surface area contributed by atoms with E-state index in [0.717, 1.165) is 20.5 Å². The topological polar surface area (TPSA) is 84.9 Å². The van der Waals surface area contributed by atoms with E-state index in [9.17, 15) is 14.4 Å². The molecule has 0 radical (unpaired) electrons. The Labute approximate surface area is 242 Å². The van der Waals surface area contributed by atoms with Crippen LogP contribution in [0.3, 0.4) is 0 Å². The van der Waals surface area contributed by atoms with Gasteiger partial charge in [0.25, 0.3) is 11.8 Å². The van der Waals surface area contributed by atoms with Crippen molar-refractivity contribution in [2.75, 3.05) is 11.5 Å². The van der Waals surface area contributed by atoms with Gasteiger partial charge in [-0.25, -0.2) is 9.69 Å². The van der Waals surface area contributed by atoms with E-state index in [1.54, 1.807) is 49.4 Å². The van der Waals surface area contributed by atoms with Gasteiger partial charge in [0.15, 0.2) is 11.5 Å². The summed E-state index contributed by atoms with van der Waals surface area (Å²) < 4.78 is 12.5. The highest BCUT2D eigenvalue weighted by Gasteiger charge is 2.37. The molecule has 11 heteroatoms. The molecule has 3 aromatic rings. The largest absolute Gasteiger partial charge is 0.490 e. The highest BCUT2D eigenvalue weighted by Crippen LogP contribution is 2.38. The fraction of sp³-hybridized carbons (Fsp3) is 0.148. The maximum Gasteiger partial charge on any atom is 0.335 e. The Kier molecular flexibility index (Phi) is 8.67. The van der Waals surface area contributed by atoms with E-state index in [-0.39, 0.29) is 23.0 Å². The lowest BCUT2D eigenvalue weighted by Gasteiger charge is -2.26. The van der Waals surface area contributed by atoms with E-state index in [1.165, 1.54) is 12.1 Å². The molecule has 0 bridgehead atoms. The van der Waals surface area contributed by atoms with Gasteiger partial charge in [-0.15, -0.1) is 0 Å². The standard InChI is InChI=1S/C27H20BrCl3N2O5/c1-3-37-23-12-16(11-22(31)24(23)38-13-15-4-7-20(29)21(30)10-15)9-18-25(34)32-27(36)33(26(18)35)17-5-6-19(28)14(2)8-17/h4-12H,3,13H2,1-2H3,(H,32,34,36)/b18-9+. The third-order valence-electron chi connectivity index (χ3n) is 5.51. The first-order valence-electron chi connectivity index (χ1n) is 11.3. The number of amides is 4. The molecule has 0 atom stereocenters. The first-order valence-corrected chi connectivity index (χ1v) is 13.2. The molecule has 7 nitrogen and oxygen atoms in total. The van der Waals surface area contributed by atoms with Crippen molar-refractivity contribution in [3.63, 3.8) is 0 Å². The predicted octanol–water partition coefficient (Wildman–Crippen LogP) is 7.36. The van der Waals surface area contributed by atoms with Crippen molar-refractivity contribution in [3.05, 3.63) is 90.3 Å². The maximum absolute atomic E-state index is 13.3. The molecule has 3 aromatic carbocycles. The minimum absolute atomic E-state index is 0.141. The molecule has 1 saturated heterocycles. The van der Waals surface area contributed by atoms with Gasteiger partial charge >= 0.3 is 6.03 Å². The third kappa shape index (κ3) is 5.99. The Balaban J connectivity index is 1.66. The van der Waals surface area contributed by atoms with E-state index in [0.29, 0.717) is 33.7 Å². The molecule has 4 rings (SSSR count).